The van der Waals surface area contributed by atoms with Crippen LogP contribution in [0.4, 0.5) is 5.82 Å². The van der Waals surface area contributed by atoms with Crippen molar-refractivity contribution >= 4 is 52.4 Å². The van der Waals surface area contributed by atoms with E-state index < -0.39 is 0 Å². The van der Waals surface area contributed by atoms with Crippen LogP contribution in [-0.2, 0) is 6.54 Å². The number of halogens is 2. The van der Waals surface area contributed by atoms with Crippen LogP contribution in [0.3, 0.4) is 0 Å². The molecule has 1 saturated heterocycles. The lowest BCUT2D eigenvalue weighted by Crippen LogP contribution is -2.38. The lowest BCUT2D eigenvalue weighted by molar-refractivity contribution is 0.211. The van der Waals surface area contributed by atoms with E-state index >= 15 is 0 Å². The first-order valence-corrected chi connectivity index (χ1v) is 13.2. The minimum absolute atomic E-state index is 0. The summed E-state index contributed by atoms with van der Waals surface area (Å²) in [5.74, 6) is 2.97. The first-order chi connectivity index (χ1) is 19.1. The van der Waals surface area contributed by atoms with Crippen molar-refractivity contribution in [3.63, 3.8) is 0 Å². The minimum Gasteiger partial charge on any atom is -0.497 e. The Morgan fingerprint density at radius 3 is 2.34 bits per heavy atom. The molecule has 0 amide bonds. The number of methoxy groups -OCH3 is 3. The van der Waals surface area contributed by atoms with Crippen LogP contribution >= 0.6 is 24.8 Å². The van der Waals surface area contributed by atoms with Gasteiger partial charge < -0.3 is 23.9 Å². The molecule has 3 aromatic carbocycles. The van der Waals surface area contributed by atoms with Gasteiger partial charge in [-0.15, -0.1) is 35.0 Å². The van der Waals surface area contributed by atoms with Crippen LogP contribution in [0.25, 0.3) is 33.0 Å². The van der Waals surface area contributed by atoms with Crippen molar-refractivity contribution in [2.75, 3.05) is 39.7 Å². The van der Waals surface area contributed by atoms with E-state index in [1.54, 1.807) is 27.6 Å². The van der Waals surface area contributed by atoms with Crippen LogP contribution < -0.4 is 19.5 Å². The third-order valence-electron chi connectivity index (χ3n) is 7.50. The molecule has 41 heavy (non-hydrogen) atoms. The molecule has 10 heteroatoms. The number of ether oxygens (including phenoxy) is 3. The maximum Gasteiger partial charge on any atom is 0.156 e. The van der Waals surface area contributed by atoms with E-state index in [1.807, 2.05) is 42.5 Å². The Morgan fingerprint density at radius 2 is 1.59 bits per heavy atom. The maximum absolute atomic E-state index is 5.64. The summed E-state index contributed by atoms with van der Waals surface area (Å²) in [5, 5.41) is 16.1. The topological polar surface area (TPSA) is 81.9 Å². The lowest BCUT2D eigenvalue weighted by Gasteiger charge is -2.32. The van der Waals surface area contributed by atoms with Crippen molar-refractivity contribution in [3.05, 3.63) is 72.5 Å². The third-order valence-corrected chi connectivity index (χ3v) is 7.50. The number of likely N-dealkylation sites (tertiary alicyclic amines) is 1. The predicted molar refractivity (Wildman–Crippen MR) is 167 cm³/mol. The number of hydrogen-bond acceptors (Lipinski definition) is 8. The maximum atomic E-state index is 5.64. The number of benzene rings is 3. The summed E-state index contributed by atoms with van der Waals surface area (Å²) >= 11 is 0. The number of furan rings is 1. The number of piperidine rings is 1. The Balaban J connectivity index is 0.00000194. The van der Waals surface area contributed by atoms with Crippen molar-refractivity contribution < 1.29 is 18.6 Å². The van der Waals surface area contributed by atoms with E-state index in [-0.39, 0.29) is 24.8 Å². The average Bonchev–Trinajstić information content (AvgIpc) is 3.46. The molecule has 0 spiro atoms. The monoisotopic (exact) mass is 596 g/mol. The standard InChI is InChI=1S/C31H32N4O4.2ClH/c1-36-23-5-7-25-26(17-23)31(34-33-30(25)27-18-24(37-2)6-9-29(27)38-3)32-22-10-13-35(14-11-22)19-20-4-8-28-21(16-20)12-15-39-28;;/h4-9,12,15-18,22H,10-11,13-14,19H2,1-3H3,(H,32,34);2*1H. The van der Waals surface area contributed by atoms with Gasteiger partial charge in [-0.2, -0.15) is 0 Å². The van der Waals surface area contributed by atoms with Gasteiger partial charge in [-0.05, 0) is 73.0 Å². The van der Waals surface area contributed by atoms with Crippen LogP contribution in [0, 0.1) is 0 Å². The Morgan fingerprint density at radius 1 is 0.829 bits per heavy atom. The van der Waals surface area contributed by atoms with Crippen molar-refractivity contribution in [1.29, 1.82) is 0 Å². The zero-order chi connectivity index (χ0) is 26.8. The van der Waals surface area contributed by atoms with E-state index in [0.29, 0.717) is 11.8 Å². The first-order valence-electron chi connectivity index (χ1n) is 13.2. The lowest BCUT2D eigenvalue weighted by atomic mass is 10.0. The summed E-state index contributed by atoms with van der Waals surface area (Å²) in [4.78, 5) is 2.50. The fourth-order valence-electron chi connectivity index (χ4n) is 5.37. The molecule has 0 aliphatic carbocycles. The smallest absolute Gasteiger partial charge is 0.156 e. The highest BCUT2D eigenvalue weighted by Gasteiger charge is 2.22. The number of nitrogens with one attached hydrogen (secondary N) is 1. The number of anilines is 1. The SMILES string of the molecule is COc1ccc(OC)c(-c2nnc(NC3CCN(Cc4ccc5occc5c4)CC3)c3cc(OC)ccc23)c1.Cl.Cl. The summed E-state index contributed by atoms with van der Waals surface area (Å²) in [7, 11) is 4.98. The van der Waals surface area contributed by atoms with Crippen LogP contribution in [0.5, 0.6) is 17.2 Å². The number of nitrogens with zero attached hydrogens (tertiary/aromatic N) is 3. The van der Waals surface area contributed by atoms with Crippen molar-refractivity contribution in [2.45, 2.75) is 25.4 Å². The molecule has 2 aromatic heterocycles. The predicted octanol–water partition coefficient (Wildman–Crippen LogP) is 6.99. The van der Waals surface area contributed by atoms with Crippen molar-refractivity contribution in [3.8, 4) is 28.5 Å². The van der Waals surface area contributed by atoms with Gasteiger partial charge in [-0.1, -0.05) is 6.07 Å². The molecule has 0 saturated carbocycles. The molecule has 1 aliphatic heterocycles. The second-order valence-electron chi connectivity index (χ2n) is 9.86. The molecule has 5 aromatic rings. The summed E-state index contributed by atoms with van der Waals surface area (Å²) in [5.41, 5.74) is 3.80. The van der Waals surface area contributed by atoms with E-state index in [2.05, 4.69) is 38.6 Å². The van der Waals surface area contributed by atoms with Gasteiger partial charge in [0.25, 0.3) is 0 Å². The Bertz CT molecular complexity index is 1620. The Hall–Kier alpha value is -3.72. The van der Waals surface area contributed by atoms with E-state index in [0.717, 1.165) is 82.8 Å². The molecule has 1 aliphatic rings. The molecule has 1 fully saturated rings. The molecule has 3 heterocycles. The van der Waals surface area contributed by atoms with Gasteiger partial charge in [-0.3, -0.25) is 4.90 Å². The Kier molecular flexibility index (Phi) is 9.81. The van der Waals surface area contributed by atoms with Crippen molar-refractivity contribution in [1.82, 2.24) is 15.1 Å². The van der Waals surface area contributed by atoms with Crippen LogP contribution in [0.2, 0.25) is 0 Å². The molecule has 6 rings (SSSR count). The molecule has 0 bridgehead atoms. The Labute approximate surface area is 251 Å². The van der Waals surface area contributed by atoms with Crippen molar-refractivity contribution in [2.24, 2.45) is 0 Å². The second-order valence-corrected chi connectivity index (χ2v) is 9.86. The summed E-state index contributed by atoms with van der Waals surface area (Å²) < 4.78 is 22.1. The number of fused-ring (bicyclic) bond motifs is 2. The first kappa shape index (κ1) is 30.2. The quantitative estimate of drug-likeness (QED) is 0.205. The van der Waals surface area contributed by atoms with Gasteiger partial charge in [0.2, 0.25) is 0 Å². The van der Waals surface area contributed by atoms with E-state index in [1.165, 1.54) is 5.56 Å². The minimum atomic E-state index is 0. The van der Waals surface area contributed by atoms with Crippen LogP contribution in [0.1, 0.15) is 18.4 Å². The summed E-state index contributed by atoms with van der Waals surface area (Å²) in [6.07, 6.45) is 3.78. The van der Waals surface area contributed by atoms with Gasteiger partial charge >= 0.3 is 0 Å². The number of hydrogen-bond donors (Lipinski definition) is 1. The highest BCUT2D eigenvalue weighted by molar-refractivity contribution is 6.01. The summed E-state index contributed by atoms with van der Waals surface area (Å²) in [6.45, 7) is 2.95. The van der Waals surface area contributed by atoms with Gasteiger partial charge in [0.1, 0.15) is 28.5 Å². The van der Waals surface area contributed by atoms with Crippen LogP contribution in [0.15, 0.2) is 71.3 Å². The highest BCUT2D eigenvalue weighted by atomic mass is 35.5. The third kappa shape index (κ3) is 6.30. The fourth-order valence-corrected chi connectivity index (χ4v) is 5.37. The van der Waals surface area contributed by atoms with Crippen LogP contribution in [-0.4, -0.2) is 55.6 Å². The fraction of sp³-hybridized carbons (Fsp3) is 0.290. The molecule has 0 atom stereocenters. The molecular weight excluding hydrogens is 563 g/mol. The van der Waals surface area contributed by atoms with E-state index in [4.69, 9.17) is 18.6 Å². The number of aromatic nitrogens is 2. The van der Waals surface area contributed by atoms with Gasteiger partial charge in [0, 0.05) is 47.4 Å². The number of rotatable bonds is 8. The zero-order valence-corrected chi connectivity index (χ0v) is 24.9. The normalized spacial score (nSPS) is 13.8. The summed E-state index contributed by atoms with van der Waals surface area (Å²) in [6, 6.07) is 20.4. The van der Waals surface area contributed by atoms with Gasteiger partial charge in [-0.25, -0.2) is 0 Å². The second kappa shape index (κ2) is 13.3. The highest BCUT2D eigenvalue weighted by Crippen LogP contribution is 2.38. The molecular formula is C31H34Cl2N4O4. The van der Waals surface area contributed by atoms with E-state index in [9.17, 15) is 0 Å². The largest absolute Gasteiger partial charge is 0.497 e. The molecule has 8 nitrogen and oxygen atoms in total. The van der Waals surface area contributed by atoms with Gasteiger partial charge in [0.15, 0.2) is 5.82 Å². The molecule has 1 N–H and O–H groups in total. The van der Waals surface area contributed by atoms with Gasteiger partial charge in [0.05, 0.1) is 27.6 Å². The average molecular weight is 598 g/mol. The molecule has 0 unspecified atom stereocenters. The molecule has 0 radical (unpaired) electrons. The molecule has 216 valence electrons. The zero-order valence-electron chi connectivity index (χ0n) is 23.3.